The molecule has 1 N–H and O–H groups in total. The van der Waals surface area contributed by atoms with E-state index in [4.69, 9.17) is 4.98 Å². The number of aromatic nitrogens is 2. The van der Waals surface area contributed by atoms with Crippen molar-refractivity contribution in [3.05, 3.63) is 109 Å². The van der Waals surface area contributed by atoms with Crippen molar-refractivity contribution in [2.24, 2.45) is 0 Å². The number of aromatic hydroxyl groups is 1. The van der Waals surface area contributed by atoms with Gasteiger partial charge in [0, 0.05) is 19.0 Å². The summed E-state index contributed by atoms with van der Waals surface area (Å²) in [6.07, 6.45) is 3.53. The summed E-state index contributed by atoms with van der Waals surface area (Å²) in [5.41, 5.74) is 1.88. The van der Waals surface area contributed by atoms with Crippen molar-refractivity contribution in [2.75, 3.05) is 0 Å². The summed E-state index contributed by atoms with van der Waals surface area (Å²) in [6.45, 7) is 0. The average molecular weight is 595 g/mol. The standard InChI is InChI=1S/C26H16BrIN2O2/c27-18-9-12-24(31)17(14-18)8-13-25-29-22-11-10-19(28)15-21(22)26(32)30(25)23-7-3-5-16-4-1-2-6-20(16)23/h1-15,31H/b13-8+. The molecule has 0 aliphatic carbocycles. The SMILES string of the molecule is O=c1c2cc(I)ccc2nc(/C=C/c2cc(Br)ccc2O)n1-c1cccc2ccccc12. The summed E-state index contributed by atoms with van der Waals surface area (Å²) in [7, 11) is 0. The Morgan fingerprint density at radius 1 is 0.906 bits per heavy atom. The molecule has 0 aliphatic rings. The monoisotopic (exact) mass is 594 g/mol. The van der Waals surface area contributed by atoms with Crippen LogP contribution in [0.3, 0.4) is 0 Å². The number of phenols is 1. The molecule has 0 bridgehead atoms. The molecule has 0 saturated carbocycles. The molecule has 4 nitrogen and oxygen atoms in total. The number of rotatable bonds is 3. The van der Waals surface area contributed by atoms with E-state index < -0.39 is 0 Å². The first-order chi connectivity index (χ1) is 15.5. The summed E-state index contributed by atoms with van der Waals surface area (Å²) in [5, 5.41) is 12.8. The largest absolute Gasteiger partial charge is 0.507 e. The van der Waals surface area contributed by atoms with Crippen LogP contribution in [0, 0.1) is 3.57 Å². The van der Waals surface area contributed by atoms with Gasteiger partial charge in [-0.1, -0.05) is 52.3 Å². The number of benzene rings is 4. The maximum atomic E-state index is 13.7. The Balaban J connectivity index is 1.82. The van der Waals surface area contributed by atoms with Gasteiger partial charge >= 0.3 is 0 Å². The van der Waals surface area contributed by atoms with Gasteiger partial charge in [0.1, 0.15) is 11.6 Å². The molecular formula is C26H16BrIN2O2. The van der Waals surface area contributed by atoms with E-state index in [1.165, 1.54) is 0 Å². The molecule has 5 aromatic rings. The van der Waals surface area contributed by atoms with Crippen LogP contribution in [-0.4, -0.2) is 14.7 Å². The molecule has 0 spiro atoms. The minimum Gasteiger partial charge on any atom is -0.507 e. The van der Waals surface area contributed by atoms with Crippen LogP contribution < -0.4 is 5.56 Å². The number of nitrogens with zero attached hydrogens (tertiary/aromatic N) is 2. The lowest BCUT2D eigenvalue weighted by Crippen LogP contribution is -2.22. The number of hydrogen-bond acceptors (Lipinski definition) is 3. The van der Waals surface area contributed by atoms with Gasteiger partial charge in [-0.25, -0.2) is 4.98 Å². The van der Waals surface area contributed by atoms with Gasteiger partial charge < -0.3 is 5.11 Å². The molecule has 156 valence electrons. The lowest BCUT2D eigenvalue weighted by molar-refractivity contribution is 0.474. The van der Waals surface area contributed by atoms with Crippen molar-refractivity contribution in [2.45, 2.75) is 0 Å². The van der Waals surface area contributed by atoms with Gasteiger partial charge in [0.05, 0.1) is 16.6 Å². The van der Waals surface area contributed by atoms with Gasteiger partial charge in [0.25, 0.3) is 5.56 Å². The quantitative estimate of drug-likeness (QED) is 0.234. The van der Waals surface area contributed by atoms with Gasteiger partial charge in [0.15, 0.2) is 0 Å². The molecule has 0 radical (unpaired) electrons. The van der Waals surface area contributed by atoms with Crippen molar-refractivity contribution in [3.8, 4) is 11.4 Å². The van der Waals surface area contributed by atoms with Crippen molar-refractivity contribution in [1.82, 2.24) is 9.55 Å². The van der Waals surface area contributed by atoms with E-state index in [1.807, 2.05) is 66.7 Å². The molecule has 1 aromatic heterocycles. The molecule has 4 aromatic carbocycles. The van der Waals surface area contributed by atoms with Gasteiger partial charge in [-0.2, -0.15) is 0 Å². The first-order valence-electron chi connectivity index (χ1n) is 9.88. The first kappa shape index (κ1) is 20.9. The summed E-state index contributed by atoms with van der Waals surface area (Å²) in [6, 6.07) is 24.7. The Kier molecular flexibility index (Phi) is 5.57. The topological polar surface area (TPSA) is 55.1 Å². The van der Waals surface area contributed by atoms with Crippen LogP contribution in [0.25, 0.3) is 39.5 Å². The van der Waals surface area contributed by atoms with E-state index in [0.29, 0.717) is 22.3 Å². The van der Waals surface area contributed by atoms with Crippen molar-refractivity contribution in [1.29, 1.82) is 0 Å². The highest BCUT2D eigenvalue weighted by molar-refractivity contribution is 14.1. The second kappa shape index (κ2) is 8.52. The maximum absolute atomic E-state index is 13.7. The van der Waals surface area contributed by atoms with Crippen molar-refractivity contribution >= 4 is 72.3 Å². The van der Waals surface area contributed by atoms with Gasteiger partial charge in [-0.15, -0.1) is 0 Å². The Labute approximate surface area is 206 Å². The number of phenolic OH excluding ortho intramolecular Hbond substituents is 1. The smallest absolute Gasteiger partial charge is 0.266 e. The normalized spacial score (nSPS) is 11.6. The number of fused-ring (bicyclic) bond motifs is 2. The van der Waals surface area contributed by atoms with Crippen LogP contribution in [0.4, 0.5) is 0 Å². The average Bonchev–Trinajstić information content (AvgIpc) is 2.80. The van der Waals surface area contributed by atoms with E-state index in [1.54, 1.807) is 28.9 Å². The summed E-state index contributed by atoms with van der Waals surface area (Å²) in [4.78, 5) is 18.5. The lowest BCUT2D eigenvalue weighted by atomic mass is 10.1. The molecule has 0 amide bonds. The Hall–Kier alpha value is -2.97. The molecule has 1 heterocycles. The van der Waals surface area contributed by atoms with Crippen LogP contribution in [0.1, 0.15) is 11.4 Å². The fourth-order valence-electron chi connectivity index (χ4n) is 3.75. The van der Waals surface area contributed by atoms with Crippen LogP contribution in [0.15, 0.2) is 88.1 Å². The van der Waals surface area contributed by atoms with Gasteiger partial charge in [-0.05, 0) is 82.6 Å². The molecule has 0 unspecified atom stereocenters. The van der Waals surface area contributed by atoms with Crippen LogP contribution in [0.5, 0.6) is 5.75 Å². The molecule has 6 heteroatoms. The van der Waals surface area contributed by atoms with Crippen molar-refractivity contribution in [3.63, 3.8) is 0 Å². The molecule has 0 aliphatic heterocycles. The van der Waals surface area contributed by atoms with Crippen molar-refractivity contribution < 1.29 is 5.11 Å². The van der Waals surface area contributed by atoms with Crippen LogP contribution in [0.2, 0.25) is 0 Å². The lowest BCUT2D eigenvalue weighted by Gasteiger charge is -2.14. The zero-order valence-corrected chi connectivity index (χ0v) is 20.4. The highest BCUT2D eigenvalue weighted by atomic mass is 127. The second-order valence-electron chi connectivity index (χ2n) is 7.31. The minimum atomic E-state index is -0.136. The van der Waals surface area contributed by atoms with Crippen LogP contribution >= 0.6 is 38.5 Å². The molecular weight excluding hydrogens is 579 g/mol. The predicted molar refractivity (Wildman–Crippen MR) is 142 cm³/mol. The predicted octanol–water partition coefficient (Wildman–Crippen LogP) is 6.78. The third-order valence-corrected chi connectivity index (χ3v) is 6.43. The first-order valence-corrected chi connectivity index (χ1v) is 11.8. The van der Waals surface area contributed by atoms with Gasteiger partial charge in [0.2, 0.25) is 0 Å². The Morgan fingerprint density at radius 2 is 1.72 bits per heavy atom. The van der Waals surface area contributed by atoms with Crippen LogP contribution in [-0.2, 0) is 0 Å². The Morgan fingerprint density at radius 3 is 2.59 bits per heavy atom. The summed E-state index contributed by atoms with van der Waals surface area (Å²) in [5.74, 6) is 0.637. The summed E-state index contributed by atoms with van der Waals surface area (Å²) >= 11 is 5.64. The highest BCUT2D eigenvalue weighted by Crippen LogP contribution is 2.26. The molecule has 0 saturated heterocycles. The highest BCUT2D eigenvalue weighted by Gasteiger charge is 2.14. The van der Waals surface area contributed by atoms with E-state index in [9.17, 15) is 9.90 Å². The zero-order chi connectivity index (χ0) is 22.2. The third-order valence-electron chi connectivity index (χ3n) is 5.27. The van der Waals surface area contributed by atoms with E-state index in [-0.39, 0.29) is 11.3 Å². The van der Waals surface area contributed by atoms with Gasteiger partial charge in [-0.3, -0.25) is 9.36 Å². The molecule has 5 rings (SSSR count). The Bertz CT molecular complexity index is 1590. The zero-order valence-electron chi connectivity index (χ0n) is 16.7. The second-order valence-corrected chi connectivity index (χ2v) is 9.47. The maximum Gasteiger partial charge on any atom is 0.266 e. The summed E-state index contributed by atoms with van der Waals surface area (Å²) < 4.78 is 3.47. The third kappa shape index (κ3) is 3.84. The fourth-order valence-corrected chi connectivity index (χ4v) is 4.62. The van der Waals surface area contributed by atoms with E-state index in [0.717, 1.165) is 24.5 Å². The molecule has 32 heavy (non-hydrogen) atoms. The number of hydrogen-bond donors (Lipinski definition) is 1. The number of halogens is 2. The fraction of sp³-hybridized carbons (Fsp3) is 0. The van der Waals surface area contributed by atoms with E-state index >= 15 is 0 Å². The molecule has 0 fully saturated rings. The molecule has 0 atom stereocenters. The van der Waals surface area contributed by atoms with E-state index in [2.05, 4.69) is 38.5 Å². The minimum absolute atomic E-state index is 0.136.